The van der Waals surface area contributed by atoms with Gasteiger partial charge in [-0.3, -0.25) is 0 Å². The molecule has 1 aromatic carbocycles. The van der Waals surface area contributed by atoms with Crippen LogP contribution in [0.1, 0.15) is 24.8 Å². The second-order valence-electron chi connectivity index (χ2n) is 4.13. The van der Waals surface area contributed by atoms with Gasteiger partial charge in [0, 0.05) is 10.4 Å². The van der Waals surface area contributed by atoms with Crippen LogP contribution in [0.2, 0.25) is 5.02 Å². The summed E-state index contributed by atoms with van der Waals surface area (Å²) in [6, 6.07) is 4.67. The summed E-state index contributed by atoms with van der Waals surface area (Å²) in [5.41, 5.74) is 0.675. The molecule has 0 radical (unpaired) electrons. The van der Waals surface area contributed by atoms with Gasteiger partial charge in [0.25, 0.3) is 0 Å². The Morgan fingerprint density at radius 1 is 1.40 bits per heavy atom. The van der Waals surface area contributed by atoms with Gasteiger partial charge in [-0.25, -0.2) is 4.39 Å². The van der Waals surface area contributed by atoms with Gasteiger partial charge in [0.1, 0.15) is 5.82 Å². The van der Waals surface area contributed by atoms with E-state index in [4.69, 9.17) is 23.2 Å². The average molecular weight is 247 g/mol. The Bertz CT molecular complexity index is 347. The van der Waals surface area contributed by atoms with Crippen LogP contribution in [0, 0.1) is 11.7 Å². The van der Waals surface area contributed by atoms with E-state index in [0.717, 1.165) is 6.42 Å². The van der Waals surface area contributed by atoms with E-state index in [0.29, 0.717) is 22.9 Å². The first-order valence-corrected chi connectivity index (χ1v) is 6.06. The highest BCUT2D eigenvalue weighted by Crippen LogP contribution is 2.37. The summed E-state index contributed by atoms with van der Waals surface area (Å²) in [5.74, 6) is 0.480. The zero-order valence-electron chi connectivity index (χ0n) is 8.35. The van der Waals surface area contributed by atoms with E-state index in [-0.39, 0.29) is 11.2 Å². The number of halogens is 3. The Morgan fingerprint density at radius 3 is 2.80 bits per heavy atom. The minimum atomic E-state index is -0.181. The van der Waals surface area contributed by atoms with Crippen molar-refractivity contribution in [1.82, 2.24) is 0 Å². The molecule has 3 heteroatoms. The second kappa shape index (κ2) is 4.71. The number of hydrogen-bond donors (Lipinski definition) is 0. The van der Waals surface area contributed by atoms with Crippen molar-refractivity contribution >= 4 is 23.2 Å². The monoisotopic (exact) mass is 246 g/mol. The van der Waals surface area contributed by atoms with Crippen LogP contribution in [0.3, 0.4) is 0 Å². The summed E-state index contributed by atoms with van der Waals surface area (Å²) in [7, 11) is 0. The molecule has 0 amide bonds. The number of aryl methyl sites for hydroxylation is 1. The molecule has 0 saturated heterocycles. The summed E-state index contributed by atoms with van der Waals surface area (Å²) in [5, 5.41) is 0.785. The van der Waals surface area contributed by atoms with Crippen LogP contribution in [-0.4, -0.2) is 5.38 Å². The number of alkyl halides is 1. The summed E-state index contributed by atoms with van der Waals surface area (Å²) >= 11 is 12.0. The van der Waals surface area contributed by atoms with Crippen LogP contribution < -0.4 is 0 Å². The number of rotatable bonds is 4. The summed E-state index contributed by atoms with van der Waals surface area (Å²) in [6.45, 7) is 0. The van der Waals surface area contributed by atoms with Crippen LogP contribution in [0.25, 0.3) is 0 Å². The molecule has 1 aliphatic carbocycles. The van der Waals surface area contributed by atoms with E-state index in [9.17, 15) is 4.39 Å². The van der Waals surface area contributed by atoms with E-state index in [1.807, 2.05) is 0 Å². The molecule has 1 aliphatic rings. The number of benzene rings is 1. The van der Waals surface area contributed by atoms with Gasteiger partial charge in [0.2, 0.25) is 0 Å². The molecule has 1 unspecified atom stereocenters. The van der Waals surface area contributed by atoms with Gasteiger partial charge in [-0.05, 0) is 55.4 Å². The zero-order valence-corrected chi connectivity index (χ0v) is 9.86. The van der Waals surface area contributed by atoms with Gasteiger partial charge < -0.3 is 0 Å². The smallest absolute Gasteiger partial charge is 0.126 e. The highest BCUT2D eigenvalue weighted by molar-refractivity contribution is 6.30. The van der Waals surface area contributed by atoms with Crippen molar-refractivity contribution in [3.8, 4) is 0 Å². The third-order valence-corrected chi connectivity index (χ3v) is 3.64. The van der Waals surface area contributed by atoms with Gasteiger partial charge in [-0.2, -0.15) is 0 Å². The van der Waals surface area contributed by atoms with Crippen molar-refractivity contribution in [3.63, 3.8) is 0 Å². The molecule has 1 saturated carbocycles. The van der Waals surface area contributed by atoms with E-state index in [1.165, 1.54) is 18.9 Å². The van der Waals surface area contributed by atoms with Crippen LogP contribution >= 0.6 is 23.2 Å². The fourth-order valence-corrected chi connectivity index (χ4v) is 2.28. The van der Waals surface area contributed by atoms with Gasteiger partial charge in [-0.15, -0.1) is 11.6 Å². The minimum Gasteiger partial charge on any atom is -0.207 e. The molecule has 0 heterocycles. The van der Waals surface area contributed by atoms with E-state index in [1.54, 1.807) is 12.1 Å². The Labute approximate surface area is 99.4 Å². The quantitative estimate of drug-likeness (QED) is 0.690. The lowest BCUT2D eigenvalue weighted by atomic mass is 10.1. The first-order valence-electron chi connectivity index (χ1n) is 5.25. The largest absolute Gasteiger partial charge is 0.207 e. The molecule has 1 fully saturated rings. The van der Waals surface area contributed by atoms with Crippen LogP contribution in [0.5, 0.6) is 0 Å². The normalized spacial score (nSPS) is 17.8. The van der Waals surface area contributed by atoms with Crippen molar-refractivity contribution in [2.24, 2.45) is 5.92 Å². The summed E-state index contributed by atoms with van der Waals surface area (Å²) in [6.07, 6.45) is 3.97. The van der Waals surface area contributed by atoms with E-state index in [2.05, 4.69) is 0 Å². The van der Waals surface area contributed by atoms with E-state index >= 15 is 0 Å². The predicted octanol–water partition coefficient (Wildman–Crippen LogP) is 4.43. The van der Waals surface area contributed by atoms with Crippen LogP contribution in [0.15, 0.2) is 18.2 Å². The maximum Gasteiger partial charge on any atom is 0.126 e. The third kappa shape index (κ3) is 3.09. The van der Waals surface area contributed by atoms with Gasteiger partial charge in [0.05, 0.1) is 0 Å². The minimum absolute atomic E-state index is 0.181. The molecular formula is C12H13Cl2F. The molecular weight excluding hydrogens is 234 g/mol. The second-order valence-corrected chi connectivity index (χ2v) is 5.12. The van der Waals surface area contributed by atoms with Gasteiger partial charge in [-0.1, -0.05) is 11.6 Å². The Morgan fingerprint density at radius 2 is 2.13 bits per heavy atom. The molecule has 0 aliphatic heterocycles. The van der Waals surface area contributed by atoms with Crippen molar-refractivity contribution in [3.05, 3.63) is 34.6 Å². The first kappa shape index (κ1) is 11.2. The van der Waals surface area contributed by atoms with Crippen molar-refractivity contribution in [2.75, 3.05) is 0 Å². The fourth-order valence-electron chi connectivity index (χ4n) is 1.72. The number of hydrogen-bond acceptors (Lipinski definition) is 0. The fraction of sp³-hybridized carbons (Fsp3) is 0.500. The molecule has 1 aromatic rings. The maximum atomic E-state index is 13.3. The SMILES string of the molecule is Fc1ccc(Cl)cc1CCC(Cl)C1CC1. The molecule has 15 heavy (non-hydrogen) atoms. The Balaban J connectivity index is 1.94. The first-order chi connectivity index (χ1) is 7.16. The van der Waals surface area contributed by atoms with Crippen LogP contribution in [-0.2, 0) is 6.42 Å². The topological polar surface area (TPSA) is 0 Å². The lowest BCUT2D eigenvalue weighted by molar-refractivity contribution is 0.594. The highest BCUT2D eigenvalue weighted by atomic mass is 35.5. The van der Waals surface area contributed by atoms with Crippen molar-refractivity contribution in [1.29, 1.82) is 0 Å². The maximum absolute atomic E-state index is 13.3. The standard InChI is InChI=1S/C12H13Cl2F/c13-10-4-6-12(15)9(7-10)3-5-11(14)8-1-2-8/h4,6-8,11H,1-3,5H2. The van der Waals surface area contributed by atoms with Gasteiger partial charge >= 0.3 is 0 Å². The molecule has 0 N–H and O–H groups in total. The molecule has 2 rings (SSSR count). The lowest BCUT2D eigenvalue weighted by Gasteiger charge is -2.08. The molecule has 0 bridgehead atoms. The Kier molecular flexibility index (Phi) is 3.53. The Hall–Kier alpha value is -0.270. The summed E-state index contributed by atoms with van der Waals surface area (Å²) < 4.78 is 13.3. The molecule has 0 aromatic heterocycles. The van der Waals surface area contributed by atoms with Gasteiger partial charge in [0.15, 0.2) is 0 Å². The van der Waals surface area contributed by atoms with Crippen LogP contribution in [0.4, 0.5) is 4.39 Å². The molecule has 0 spiro atoms. The van der Waals surface area contributed by atoms with E-state index < -0.39 is 0 Å². The average Bonchev–Trinajstić information content (AvgIpc) is 3.02. The van der Waals surface area contributed by atoms with Crippen molar-refractivity contribution < 1.29 is 4.39 Å². The molecule has 82 valence electrons. The lowest BCUT2D eigenvalue weighted by Crippen LogP contribution is -2.04. The highest BCUT2D eigenvalue weighted by Gasteiger charge is 2.29. The predicted molar refractivity (Wildman–Crippen MR) is 62.1 cm³/mol. The third-order valence-electron chi connectivity index (χ3n) is 2.83. The zero-order chi connectivity index (χ0) is 10.8. The van der Waals surface area contributed by atoms with Crippen molar-refractivity contribution in [2.45, 2.75) is 31.1 Å². The summed E-state index contributed by atoms with van der Waals surface area (Å²) in [4.78, 5) is 0. The molecule has 0 nitrogen and oxygen atoms in total. The molecule has 1 atom stereocenters.